The first kappa shape index (κ1) is 12.3. The molecule has 0 amide bonds. The molecule has 0 unspecified atom stereocenters. The minimum absolute atomic E-state index is 0.148. The van der Waals surface area contributed by atoms with Crippen molar-refractivity contribution < 1.29 is 9.53 Å². The summed E-state index contributed by atoms with van der Waals surface area (Å²) >= 11 is 0. The molecule has 2 heteroatoms. The summed E-state index contributed by atoms with van der Waals surface area (Å²) in [5, 5.41) is 0. The van der Waals surface area contributed by atoms with Gasteiger partial charge in [-0.3, -0.25) is 0 Å². The fourth-order valence-electron chi connectivity index (χ4n) is 1.99. The van der Waals surface area contributed by atoms with Crippen molar-refractivity contribution in [3.05, 3.63) is 12.2 Å². The predicted octanol–water partition coefficient (Wildman–Crippen LogP) is 3.46. The van der Waals surface area contributed by atoms with Crippen LogP contribution in [0.25, 0.3) is 0 Å². The Bertz CT molecular complexity index is 225. The summed E-state index contributed by atoms with van der Waals surface area (Å²) in [4.78, 5) is 11.6. The van der Waals surface area contributed by atoms with Crippen LogP contribution in [0.15, 0.2) is 12.2 Å². The minimum Gasteiger partial charge on any atom is -0.459 e. The van der Waals surface area contributed by atoms with Gasteiger partial charge >= 0.3 is 5.97 Å². The molecule has 0 radical (unpaired) electrons. The lowest BCUT2D eigenvalue weighted by Gasteiger charge is -2.22. The normalized spacial score (nSPS) is 17.8. The van der Waals surface area contributed by atoms with Crippen molar-refractivity contribution in [1.29, 1.82) is 0 Å². The molecule has 0 bridgehead atoms. The molecule has 0 spiro atoms. The summed E-state index contributed by atoms with van der Waals surface area (Å²) in [6.07, 6.45) is 6.60. The Kier molecular flexibility index (Phi) is 4.86. The second kappa shape index (κ2) is 5.94. The van der Waals surface area contributed by atoms with Gasteiger partial charge in [-0.1, -0.05) is 26.8 Å². The third kappa shape index (κ3) is 4.50. The second-order valence-electron chi connectivity index (χ2n) is 4.87. The molecule has 1 fully saturated rings. The van der Waals surface area contributed by atoms with Gasteiger partial charge in [-0.25, -0.2) is 4.79 Å². The molecule has 1 aliphatic carbocycles. The molecule has 0 aromatic heterocycles. The molecule has 0 N–H and O–H groups in total. The number of carbonyl (C=O) groups is 1. The lowest BCUT2D eigenvalue weighted by atomic mass is 9.97. The highest BCUT2D eigenvalue weighted by Crippen LogP contribution is 2.22. The van der Waals surface area contributed by atoms with E-state index in [0.29, 0.717) is 11.5 Å². The molecule has 0 aromatic rings. The Morgan fingerprint density at radius 1 is 1.33 bits per heavy atom. The van der Waals surface area contributed by atoms with Crippen LogP contribution in [0.2, 0.25) is 0 Å². The highest BCUT2D eigenvalue weighted by Gasteiger charge is 2.19. The van der Waals surface area contributed by atoms with E-state index in [1.807, 2.05) is 0 Å². The van der Waals surface area contributed by atoms with E-state index >= 15 is 0 Å². The summed E-state index contributed by atoms with van der Waals surface area (Å²) < 4.78 is 5.42. The number of ether oxygens (including phenoxy) is 1. The summed E-state index contributed by atoms with van der Waals surface area (Å²) in [7, 11) is 0. The zero-order chi connectivity index (χ0) is 11.3. The summed E-state index contributed by atoms with van der Waals surface area (Å²) in [6.45, 7) is 7.95. The molecule has 15 heavy (non-hydrogen) atoms. The summed E-state index contributed by atoms with van der Waals surface area (Å²) in [5.74, 6) is 0.284. The molecule has 0 atom stereocenters. The van der Waals surface area contributed by atoms with Crippen LogP contribution in [-0.4, -0.2) is 12.1 Å². The van der Waals surface area contributed by atoms with Crippen molar-refractivity contribution in [1.82, 2.24) is 0 Å². The number of hydrogen-bond donors (Lipinski definition) is 0. The Morgan fingerprint density at radius 3 is 2.47 bits per heavy atom. The summed E-state index contributed by atoms with van der Waals surface area (Å²) in [6, 6.07) is 0. The van der Waals surface area contributed by atoms with Gasteiger partial charge in [0, 0.05) is 5.57 Å². The zero-order valence-electron chi connectivity index (χ0n) is 9.92. The Hall–Kier alpha value is -0.790. The van der Waals surface area contributed by atoms with Crippen molar-refractivity contribution in [2.24, 2.45) is 5.92 Å². The first-order valence-corrected chi connectivity index (χ1v) is 5.98. The molecule has 0 aromatic carbocycles. The van der Waals surface area contributed by atoms with E-state index in [9.17, 15) is 4.79 Å². The number of carbonyl (C=O) groups excluding carboxylic acids is 1. The van der Waals surface area contributed by atoms with E-state index in [1.165, 1.54) is 19.3 Å². The monoisotopic (exact) mass is 210 g/mol. The highest BCUT2D eigenvalue weighted by atomic mass is 16.5. The van der Waals surface area contributed by atoms with Crippen LogP contribution in [-0.2, 0) is 9.53 Å². The largest absolute Gasteiger partial charge is 0.459 e. The van der Waals surface area contributed by atoms with Gasteiger partial charge in [0.2, 0.25) is 0 Å². The molecular weight excluding hydrogens is 188 g/mol. The third-order valence-corrected chi connectivity index (χ3v) is 2.77. The topological polar surface area (TPSA) is 26.3 Å². The maximum atomic E-state index is 11.6. The van der Waals surface area contributed by atoms with Crippen LogP contribution in [0.3, 0.4) is 0 Å². The minimum atomic E-state index is -0.185. The molecule has 0 saturated heterocycles. The van der Waals surface area contributed by atoms with Crippen molar-refractivity contribution >= 4 is 5.97 Å². The van der Waals surface area contributed by atoms with E-state index in [1.54, 1.807) is 0 Å². The smallest absolute Gasteiger partial charge is 0.333 e. The maximum absolute atomic E-state index is 11.6. The molecule has 86 valence electrons. The fraction of sp³-hybridized carbons (Fsp3) is 0.769. The van der Waals surface area contributed by atoms with Crippen LogP contribution in [0.5, 0.6) is 0 Å². The Balaban J connectivity index is 2.30. The van der Waals surface area contributed by atoms with Crippen LogP contribution in [0, 0.1) is 5.92 Å². The van der Waals surface area contributed by atoms with E-state index in [4.69, 9.17) is 4.74 Å². The first-order valence-electron chi connectivity index (χ1n) is 5.98. The molecular formula is C13H22O2. The SMILES string of the molecule is C=C(CC(C)C)C(=O)OC1CCCCC1. The molecule has 2 nitrogen and oxygen atoms in total. The van der Waals surface area contributed by atoms with Gasteiger partial charge in [0.15, 0.2) is 0 Å². The first-order chi connectivity index (χ1) is 7.09. The van der Waals surface area contributed by atoms with E-state index in [0.717, 1.165) is 19.3 Å². The van der Waals surface area contributed by atoms with Gasteiger partial charge in [-0.05, 0) is 38.0 Å². The highest BCUT2D eigenvalue weighted by molar-refractivity contribution is 5.87. The lowest BCUT2D eigenvalue weighted by Crippen LogP contribution is -2.22. The standard InChI is InChI=1S/C13H22O2/c1-10(2)9-11(3)13(14)15-12-7-5-4-6-8-12/h10,12H,3-9H2,1-2H3. The van der Waals surface area contributed by atoms with Crippen LogP contribution in [0.4, 0.5) is 0 Å². The van der Waals surface area contributed by atoms with E-state index in [-0.39, 0.29) is 12.1 Å². The van der Waals surface area contributed by atoms with Crippen molar-refractivity contribution in [2.75, 3.05) is 0 Å². The van der Waals surface area contributed by atoms with Crippen molar-refractivity contribution in [3.63, 3.8) is 0 Å². The van der Waals surface area contributed by atoms with Crippen LogP contribution >= 0.6 is 0 Å². The predicted molar refractivity (Wildman–Crippen MR) is 61.6 cm³/mol. The molecule has 1 rings (SSSR count). The average Bonchev–Trinajstić information content (AvgIpc) is 2.18. The average molecular weight is 210 g/mol. The van der Waals surface area contributed by atoms with Crippen molar-refractivity contribution in [3.8, 4) is 0 Å². The maximum Gasteiger partial charge on any atom is 0.333 e. The second-order valence-corrected chi connectivity index (χ2v) is 4.87. The van der Waals surface area contributed by atoms with Gasteiger partial charge in [-0.2, -0.15) is 0 Å². The molecule has 0 heterocycles. The van der Waals surface area contributed by atoms with Gasteiger partial charge in [0.25, 0.3) is 0 Å². The van der Waals surface area contributed by atoms with Gasteiger partial charge < -0.3 is 4.74 Å². The lowest BCUT2D eigenvalue weighted by molar-refractivity contribution is -0.145. The van der Waals surface area contributed by atoms with Crippen molar-refractivity contribution in [2.45, 2.75) is 58.5 Å². The number of rotatable bonds is 4. The third-order valence-electron chi connectivity index (χ3n) is 2.77. The van der Waals surface area contributed by atoms with E-state index in [2.05, 4.69) is 20.4 Å². The molecule has 1 saturated carbocycles. The number of hydrogen-bond acceptors (Lipinski definition) is 2. The van der Waals surface area contributed by atoms with Gasteiger partial charge in [0.1, 0.15) is 6.10 Å². The number of esters is 1. The van der Waals surface area contributed by atoms with E-state index < -0.39 is 0 Å². The quantitative estimate of drug-likeness (QED) is 0.524. The zero-order valence-corrected chi connectivity index (χ0v) is 9.92. The fourth-order valence-corrected chi connectivity index (χ4v) is 1.99. The van der Waals surface area contributed by atoms with Crippen LogP contribution < -0.4 is 0 Å². The van der Waals surface area contributed by atoms with Crippen LogP contribution in [0.1, 0.15) is 52.4 Å². The molecule has 1 aliphatic rings. The summed E-state index contributed by atoms with van der Waals surface area (Å²) in [5.41, 5.74) is 0.621. The Labute approximate surface area is 92.7 Å². The van der Waals surface area contributed by atoms with Gasteiger partial charge in [0.05, 0.1) is 0 Å². The van der Waals surface area contributed by atoms with Gasteiger partial charge in [-0.15, -0.1) is 0 Å². The molecule has 0 aliphatic heterocycles. The Morgan fingerprint density at radius 2 is 1.93 bits per heavy atom.